The van der Waals surface area contributed by atoms with Crippen LogP contribution < -0.4 is 10.6 Å². The van der Waals surface area contributed by atoms with Crippen molar-refractivity contribution in [3.8, 4) is 0 Å². The minimum absolute atomic E-state index is 0.192. The van der Waals surface area contributed by atoms with Crippen molar-refractivity contribution in [3.63, 3.8) is 0 Å². The number of carboxylic acid groups (broad SMARTS) is 1. The smallest absolute Gasteiger partial charge is 0.323 e. The van der Waals surface area contributed by atoms with Crippen molar-refractivity contribution in [2.24, 2.45) is 0 Å². The molecule has 1 unspecified atom stereocenters. The first-order valence-electron chi connectivity index (χ1n) is 6.16. The second-order valence-corrected chi connectivity index (χ2v) is 4.37. The van der Waals surface area contributed by atoms with E-state index in [2.05, 4.69) is 10.6 Å². The molecule has 5 heteroatoms. The number of carbonyl (C=O) groups is 2. The van der Waals surface area contributed by atoms with E-state index in [1.54, 1.807) is 14.0 Å². The molecule has 0 aliphatic carbocycles. The van der Waals surface area contributed by atoms with Crippen molar-refractivity contribution < 1.29 is 14.7 Å². The molecule has 1 amide bonds. The number of hydrogen-bond acceptors (Lipinski definition) is 3. The summed E-state index contributed by atoms with van der Waals surface area (Å²) in [7, 11) is 1.54. The SMILES string of the molecule is CCCC(CCC)(NC(C)C(=O)NC)C(=O)O. The van der Waals surface area contributed by atoms with Gasteiger partial charge < -0.3 is 10.4 Å². The zero-order chi connectivity index (χ0) is 13.5. The van der Waals surface area contributed by atoms with Crippen LogP contribution in [0.2, 0.25) is 0 Å². The number of amides is 1. The van der Waals surface area contributed by atoms with Gasteiger partial charge in [-0.1, -0.05) is 26.7 Å². The third-order valence-corrected chi connectivity index (χ3v) is 2.90. The molecule has 0 aromatic carbocycles. The Morgan fingerprint density at radius 2 is 1.71 bits per heavy atom. The van der Waals surface area contributed by atoms with Gasteiger partial charge in [-0.2, -0.15) is 0 Å². The highest BCUT2D eigenvalue weighted by Gasteiger charge is 2.38. The van der Waals surface area contributed by atoms with Gasteiger partial charge in [-0.05, 0) is 19.8 Å². The highest BCUT2D eigenvalue weighted by molar-refractivity contribution is 5.84. The van der Waals surface area contributed by atoms with Gasteiger partial charge in [-0.3, -0.25) is 14.9 Å². The third-order valence-electron chi connectivity index (χ3n) is 2.90. The van der Waals surface area contributed by atoms with E-state index in [1.807, 2.05) is 13.8 Å². The third kappa shape index (κ3) is 4.34. The average Bonchev–Trinajstić information content (AvgIpc) is 2.28. The van der Waals surface area contributed by atoms with Crippen molar-refractivity contribution in [2.75, 3.05) is 7.05 Å². The van der Waals surface area contributed by atoms with E-state index in [9.17, 15) is 14.7 Å². The van der Waals surface area contributed by atoms with Crippen LogP contribution in [-0.2, 0) is 9.59 Å². The van der Waals surface area contributed by atoms with Gasteiger partial charge in [0.05, 0.1) is 6.04 Å². The van der Waals surface area contributed by atoms with Crippen molar-refractivity contribution in [1.29, 1.82) is 0 Å². The molecule has 17 heavy (non-hydrogen) atoms. The van der Waals surface area contributed by atoms with E-state index in [-0.39, 0.29) is 5.91 Å². The maximum atomic E-state index is 11.5. The van der Waals surface area contributed by atoms with Crippen LogP contribution in [0.4, 0.5) is 0 Å². The zero-order valence-corrected chi connectivity index (χ0v) is 11.2. The first-order valence-corrected chi connectivity index (χ1v) is 6.16. The Bertz CT molecular complexity index is 260. The number of aliphatic carboxylic acids is 1. The Morgan fingerprint density at radius 3 is 2.00 bits per heavy atom. The summed E-state index contributed by atoms with van der Waals surface area (Å²) in [6.07, 6.45) is 2.58. The van der Waals surface area contributed by atoms with E-state index < -0.39 is 17.6 Å². The number of hydrogen-bond donors (Lipinski definition) is 3. The quantitative estimate of drug-likeness (QED) is 0.598. The molecule has 0 saturated carbocycles. The number of rotatable bonds is 8. The van der Waals surface area contributed by atoms with Crippen molar-refractivity contribution in [1.82, 2.24) is 10.6 Å². The predicted molar refractivity (Wildman–Crippen MR) is 66.8 cm³/mol. The van der Waals surface area contributed by atoms with Gasteiger partial charge in [0.25, 0.3) is 0 Å². The maximum absolute atomic E-state index is 11.5. The van der Waals surface area contributed by atoms with E-state index in [0.717, 1.165) is 12.8 Å². The molecule has 0 rings (SSSR count). The largest absolute Gasteiger partial charge is 0.480 e. The lowest BCUT2D eigenvalue weighted by Crippen LogP contribution is -2.58. The number of carboxylic acids is 1. The molecule has 0 aromatic rings. The average molecular weight is 244 g/mol. The Morgan fingerprint density at radius 1 is 1.24 bits per heavy atom. The second-order valence-electron chi connectivity index (χ2n) is 4.37. The van der Waals surface area contributed by atoms with Gasteiger partial charge in [0, 0.05) is 7.05 Å². The Labute approximate surface area is 103 Å². The highest BCUT2D eigenvalue weighted by Crippen LogP contribution is 2.21. The number of nitrogens with one attached hydrogen (secondary N) is 2. The molecule has 100 valence electrons. The molecule has 0 aliphatic rings. The van der Waals surface area contributed by atoms with Crippen molar-refractivity contribution >= 4 is 11.9 Å². The lowest BCUT2D eigenvalue weighted by atomic mass is 9.87. The van der Waals surface area contributed by atoms with E-state index in [1.165, 1.54) is 0 Å². The lowest BCUT2D eigenvalue weighted by Gasteiger charge is -2.32. The van der Waals surface area contributed by atoms with E-state index in [0.29, 0.717) is 12.8 Å². The summed E-state index contributed by atoms with van der Waals surface area (Å²) in [6.45, 7) is 5.57. The standard InChI is InChI=1S/C12H24N2O3/c1-5-7-12(8-6-2,11(16)17)14-9(3)10(15)13-4/h9,14H,5-8H2,1-4H3,(H,13,15)(H,16,17). The summed E-state index contributed by atoms with van der Waals surface area (Å²) in [5, 5.41) is 14.9. The number of carbonyl (C=O) groups excluding carboxylic acids is 1. The summed E-state index contributed by atoms with van der Waals surface area (Å²) in [4.78, 5) is 22.9. The maximum Gasteiger partial charge on any atom is 0.323 e. The predicted octanol–water partition coefficient (Wildman–Crippen LogP) is 1.13. The summed E-state index contributed by atoms with van der Waals surface area (Å²) >= 11 is 0. The van der Waals surface area contributed by atoms with Gasteiger partial charge in [0.1, 0.15) is 5.54 Å². The Hall–Kier alpha value is -1.10. The summed E-state index contributed by atoms with van der Waals surface area (Å²) in [6, 6.07) is -0.505. The van der Waals surface area contributed by atoms with Crippen LogP contribution in [0.15, 0.2) is 0 Å². The summed E-state index contributed by atoms with van der Waals surface area (Å²) in [5.41, 5.74) is -0.991. The Balaban J connectivity index is 4.89. The summed E-state index contributed by atoms with van der Waals surface area (Å²) in [5.74, 6) is -1.07. The Kier molecular flexibility index (Phi) is 6.80. The van der Waals surface area contributed by atoms with Crippen molar-refractivity contribution in [2.45, 2.75) is 58.0 Å². The monoisotopic (exact) mass is 244 g/mol. The molecule has 0 fully saturated rings. The van der Waals surface area contributed by atoms with Crippen LogP contribution in [0, 0.1) is 0 Å². The fourth-order valence-electron chi connectivity index (χ4n) is 2.09. The van der Waals surface area contributed by atoms with Crippen LogP contribution >= 0.6 is 0 Å². The molecule has 0 spiro atoms. The minimum Gasteiger partial charge on any atom is -0.480 e. The minimum atomic E-state index is -0.991. The van der Waals surface area contributed by atoms with Crippen LogP contribution in [0.3, 0.4) is 0 Å². The molecule has 0 saturated heterocycles. The molecule has 0 radical (unpaired) electrons. The van der Waals surface area contributed by atoms with Gasteiger partial charge in [-0.25, -0.2) is 0 Å². The second kappa shape index (κ2) is 7.27. The first kappa shape index (κ1) is 15.9. The van der Waals surface area contributed by atoms with E-state index in [4.69, 9.17) is 0 Å². The molecule has 1 atom stereocenters. The molecular weight excluding hydrogens is 220 g/mol. The lowest BCUT2D eigenvalue weighted by molar-refractivity contribution is -0.146. The van der Waals surface area contributed by atoms with Gasteiger partial charge in [-0.15, -0.1) is 0 Å². The van der Waals surface area contributed by atoms with Gasteiger partial charge >= 0.3 is 5.97 Å². The molecule has 0 aliphatic heterocycles. The molecule has 0 aromatic heterocycles. The molecule has 0 heterocycles. The van der Waals surface area contributed by atoms with E-state index >= 15 is 0 Å². The van der Waals surface area contributed by atoms with Crippen LogP contribution in [0.25, 0.3) is 0 Å². The first-order chi connectivity index (χ1) is 7.93. The van der Waals surface area contributed by atoms with Gasteiger partial charge in [0.15, 0.2) is 0 Å². The number of likely N-dealkylation sites (N-methyl/N-ethyl adjacent to an activating group) is 1. The van der Waals surface area contributed by atoms with Crippen LogP contribution in [0.5, 0.6) is 0 Å². The fraction of sp³-hybridized carbons (Fsp3) is 0.833. The highest BCUT2D eigenvalue weighted by atomic mass is 16.4. The van der Waals surface area contributed by atoms with Crippen LogP contribution in [-0.4, -0.2) is 35.6 Å². The summed E-state index contributed by atoms with van der Waals surface area (Å²) < 4.78 is 0. The fourth-order valence-corrected chi connectivity index (χ4v) is 2.09. The molecular formula is C12H24N2O3. The van der Waals surface area contributed by atoms with Crippen LogP contribution in [0.1, 0.15) is 46.5 Å². The topological polar surface area (TPSA) is 78.4 Å². The van der Waals surface area contributed by atoms with Crippen molar-refractivity contribution in [3.05, 3.63) is 0 Å². The molecule has 0 bridgehead atoms. The molecule has 3 N–H and O–H groups in total. The zero-order valence-electron chi connectivity index (χ0n) is 11.2. The molecule has 5 nitrogen and oxygen atoms in total. The normalized spacial score (nSPS) is 13.2. The van der Waals surface area contributed by atoms with Gasteiger partial charge in [0.2, 0.25) is 5.91 Å².